The predicted octanol–water partition coefficient (Wildman–Crippen LogP) is 2.95. The van der Waals surface area contributed by atoms with Gasteiger partial charge in [0.1, 0.15) is 5.82 Å². The monoisotopic (exact) mass is 325 g/mol. The minimum Gasteiger partial charge on any atom is -0.476 e. The van der Waals surface area contributed by atoms with E-state index in [1.54, 1.807) is 0 Å². The van der Waals surface area contributed by atoms with Crippen molar-refractivity contribution in [3.8, 4) is 0 Å². The van der Waals surface area contributed by atoms with Crippen LogP contribution in [0.15, 0.2) is 18.2 Å². The van der Waals surface area contributed by atoms with Gasteiger partial charge in [-0.1, -0.05) is 6.92 Å². The number of nitrogens with zero attached hydrogens (tertiary/aromatic N) is 3. The van der Waals surface area contributed by atoms with Crippen LogP contribution in [0.3, 0.4) is 0 Å². The van der Waals surface area contributed by atoms with E-state index in [0.29, 0.717) is 0 Å². The number of fused-ring (bicyclic) bond motifs is 1. The van der Waals surface area contributed by atoms with E-state index in [0.717, 1.165) is 12.1 Å². The molecule has 0 bridgehead atoms. The minimum atomic E-state index is -2.80. The highest BCUT2D eigenvalue weighted by molar-refractivity contribution is 5.94. The number of aromatic nitrogens is 2. The molecule has 1 aliphatic heterocycles. The zero-order valence-electron chi connectivity index (χ0n) is 12.3. The summed E-state index contributed by atoms with van der Waals surface area (Å²) in [5.41, 5.74) is 0.111. The number of alkyl halides is 2. The van der Waals surface area contributed by atoms with Crippen molar-refractivity contribution in [1.29, 1.82) is 0 Å². The zero-order valence-corrected chi connectivity index (χ0v) is 12.3. The number of carboxylic acids is 1. The van der Waals surface area contributed by atoms with Crippen LogP contribution in [0.5, 0.6) is 0 Å². The van der Waals surface area contributed by atoms with Gasteiger partial charge in [0.05, 0.1) is 11.0 Å². The number of hydrogen-bond donors (Lipinski definition) is 1. The molecule has 3 rings (SSSR count). The van der Waals surface area contributed by atoms with E-state index in [9.17, 15) is 23.1 Å². The van der Waals surface area contributed by atoms with Crippen molar-refractivity contribution in [2.45, 2.75) is 19.3 Å². The van der Waals surface area contributed by atoms with Crippen LogP contribution in [-0.2, 0) is 0 Å². The molecule has 1 aromatic carbocycles. The normalized spacial score (nSPS) is 20.7. The Morgan fingerprint density at radius 2 is 2.09 bits per heavy atom. The van der Waals surface area contributed by atoms with Crippen molar-refractivity contribution in [1.82, 2.24) is 9.97 Å². The van der Waals surface area contributed by atoms with Crippen LogP contribution in [0.4, 0.5) is 19.0 Å². The van der Waals surface area contributed by atoms with Crippen molar-refractivity contribution in [2.75, 3.05) is 18.0 Å². The molecular formula is C15H14F3N3O2. The summed E-state index contributed by atoms with van der Waals surface area (Å²) in [6, 6.07) is 3.63. The molecular weight excluding hydrogens is 311 g/mol. The molecule has 122 valence electrons. The van der Waals surface area contributed by atoms with Crippen molar-refractivity contribution in [3.05, 3.63) is 29.7 Å². The molecule has 0 saturated carbocycles. The van der Waals surface area contributed by atoms with Gasteiger partial charge in [-0.25, -0.2) is 27.9 Å². The third kappa shape index (κ3) is 2.80. The van der Waals surface area contributed by atoms with E-state index in [4.69, 9.17) is 0 Å². The number of aromatic carboxylic acids is 1. The van der Waals surface area contributed by atoms with Gasteiger partial charge in [0, 0.05) is 31.5 Å². The van der Waals surface area contributed by atoms with Crippen LogP contribution in [0.25, 0.3) is 11.0 Å². The molecule has 0 radical (unpaired) electrons. The summed E-state index contributed by atoms with van der Waals surface area (Å²) in [6.45, 7) is 1.33. The fourth-order valence-electron chi connectivity index (χ4n) is 2.66. The first-order valence-corrected chi connectivity index (χ1v) is 7.11. The van der Waals surface area contributed by atoms with Gasteiger partial charge < -0.3 is 10.0 Å². The molecule has 1 fully saturated rings. The van der Waals surface area contributed by atoms with Crippen LogP contribution in [0.1, 0.15) is 23.8 Å². The molecule has 1 saturated heterocycles. The second kappa shape index (κ2) is 5.36. The maximum atomic E-state index is 13.6. The Kier molecular flexibility index (Phi) is 3.62. The highest BCUT2D eigenvalue weighted by Gasteiger charge is 2.42. The number of carboxylic acid groups (broad SMARTS) is 1. The number of piperidine rings is 1. The molecule has 1 atom stereocenters. The molecule has 2 aromatic rings. The Balaban J connectivity index is 2.08. The zero-order chi connectivity index (χ0) is 16.8. The molecule has 1 N–H and O–H groups in total. The Labute approximate surface area is 129 Å². The summed E-state index contributed by atoms with van der Waals surface area (Å²) in [5.74, 6) is -5.57. The smallest absolute Gasteiger partial charge is 0.358 e. The fraction of sp³-hybridized carbons (Fsp3) is 0.400. The Bertz CT molecular complexity index is 782. The summed E-state index contributed by atoms with van der Waals surface area (Å²) < 4.78 is 40.6. The van der Waals surface area contributed by atoms with E-state index >= 15 is 0 Å². The average molecular weight is 325 g/mol. The third-order valence-corrected chi connectivity index (χ3v) is 4.04. The number of carbonyl (C=O) groups is 1. The van der Waals surface area contributed by atoms with Crippen molar-refractivity contribution in [3.63, 3.8) is 0 Å². The third-order valence-electron chi connectivity index (χ3n) is 4.04. The van der Waals surface area contributed by atoms with E-state index < -0.39 is 30.0 Å². The van der Waals surface area contributed by atoms with Crippen LogP contribution in [-0.4, -0.2) is 40.1 Å². The molecule has 23 heavy (non-hydrogen) atoms. The van der Waals surface area contributed by atoms with Gasteiger partial charge in [0.15, 0.2) is 11.5 Å². The van der Waals surface area contributed by atoms with Gasteiger partial charge in [-0.3, -0.25) is 0 Å². The van der Waals surface area contributed by atoms with Crippen molar-refractivity contribution < 1.29 is 23.1 Å². The SMILES string of the molecule is CC1CN(c2nc3cc(F)ccc3nc2C(=O)O)CCC1(F)F. The van der Waals surface area contributed by atoms with Gasteiger partial charge in [-0.05, 0) is 12.1 Å². The highest BCUT2D eigenvalue weighted by atomic mass is 19.3. The minimum absolute atomic E-state index is 0.00190. The number of hydrogen-bond acceptors (Lipinski definition) is 4. The molecule has 1 aromatic heterocycles. The molecule has 0 amide bonds. The van der Waals surface area contributed by atoms with Gasteiger partial charge in [-0.2, -0.15) is 0 Å². The summed E-state index contributed by atoms with van der Waals surface area (Å²) in [4.78, 5) is 21.1. The molecule has 0 aliphatic carbocycles. The van der Waals surface area contributed by atoms with E-state index in [1.165, 1.54) is 17.9 Å². The number of benzene rings is 1. The Hall–Kier alpha value is -2.38. The maximum Gasteiger partial charge on any atom is 0.358 e. The number of halogens is 3. The first-order chi connectivity index (χ1) is 10.8. The second-order valence-corrected chi connectivity index (χ2v) is 5.69. The van der Waals surface area contributed by atoms with E-state index in [-0.39, 0.29) is 35.6 Å². The maximum absolute atomic E-state index is 13.6. The predicted molar refractivity (Wildman–Crippen MR) is 77.4 cm³/mol. The summed E-state index contributed by atoms with van der Waals surface area (Å²) >= 11 is 0. The summed E-state index contributed by atoms with van der Waals surface area (Å²) in [6.07, 6.45) is -0.393. The molecule has 8 heteroatoms. The molecule has 1 unspecified atom stereocenters. The summed E-state index contributed by atoms with van der Waals surface area (Å²) in [7, 11) is 0. The lowest BCUT2D eigenvalue weighted by atomic mass is 9.95. The van der Waals surface area contributed by atoms with Gasteiger partial charge in [0.25, 0.3) is 5.92 Å². The number of anilines is 1. The fourth-order valence-corrected chi connectivity index (χ4v) is 2.66. The van der Waals surface area contributed by atoms with Crippen LogP contribution >= 0.6 is 0 Å². The first kappa shape index (κ1) is 15.5. The largest absolute Gasteiger partial charge is 0.476 e. The van der Waals surface area contributed by atoms with Crippen LogP contribution in [0, 0.1) is 11.7 Å². The topological polar surface area (TPSA) is 66.3 Å². The van der Waals surface area contributed by atoms with Gasteiger partial charge in [-0.15, -0.1) is 0 Å². The molecule has 5 nitrogen and oxygen atoms in total. The quantitative estimate of drug-likeness (QED) is 0.919. The lowest BCUT2D eigenvalue weighted by Gasteiger charge is -2.37. The van der Waals surface area contributed by atoms with Gasteiger partial charge >= 0.3 is 5.97 Å². The molecule has 2 heterocycles. The van der Waals surface area contributed by atoms with Gasteiger partial charge in [0.2, 0.25) is 0 Å². The van der Waals surface area contributed by atoms with Crippen LogP contribution in [0.2, 0.25) is 0 Å². The van der Waals surface area contributed by atoms with Crippen molar-refractivity contribution >= 4 is 22.8 Å². The lowest BCUT2D eigenvalue weighted by molar-refractivity contribution is -0.0652. The summed E-state index contributed by atoms with van der Waals surface area (Å²) in [5, 5.41) is 9.33. The van der Waals surface area contributed by atoms with E-state index in [1.807, 2.05) is 0 Å². The number of rotatable bonds is 2. The first-order valence-electron chi connectivity index (χ1n) is 7.11. The molecule has 1 aliphatic rings. The average Bonchev–Trinajstić information content (AvgIpc) is 2.48. The standard InChI is InChI=1S/C15H14F3N3O2/c1-8-7-21(5-4-15(8,17)18)13-12(14(22)23)19-10-3-2-9(16)6-11(10)20-13/h2-3,6,8H,4-5,7H2,1H3,(H,22,23). The van der Waals surface area contributed by atoms with Crippen LogP contribution < -0.4 is 4.90 Å². The molecule has 0 spiro atoms. The Morgan fingerprint density at radius 3 is 2.74 bits per heavy atom. The lowest BCUT2D eigenvalue weighted by Crippen LogP contribution is -2.46. The highest BCUT2D eigenvalue weighted by Crippen LogP contribution is 2.35. The van der Waals surface area contributed by atoms with E-state index in [2.05, 4.69) is 9.97 Å². The Morgan fingerprint density at radius 1 is 1.35 bits per heavy atom. The second-order valence-electron chi connectivity index (χ2n) is 5.69. The van der Waals surface area contributed by atoms with Crippen molar-refractivity contribution in [2.24, 2.45) is 5.92 Å².